The number of thioether (sulfide) groups is 1. The molecule has 0 aliphatic carbocycles. The van der Waals surface area contributed by atoms with Crippen LogP contribution in [-0.2, 0) is 10.5 Å². The van der Waals surface area contributed by atoms with Crippen molar-refractivity contribution in [1.29, 1.82) is 0 Å². The van der Waals surface area contributed by atoms with Crippen molar-refractivity contribution in [2.45, 2.75) is 25.5 Å². The summed E-state index contributed by atoms with van der Waals surface area (Å²) in [6, 6.07) is 15.5. The predicted molar refractivity (Wildman–Crippen MR) is 108 cm³/mol. The number of benzene rings is 2. The van der Waals surface area contributed by atoms with Gasteiger partial charge in [0, 0.05) is 30.1 Å². The van der Waals surface area contributed by atoms with Gasteiger partial charge in [-0.1, -0.05) is 29.8 Å². The third-order valence-corrected chi connectivity index (χ3v) is 5.40. The first-order valence-corrected chi connectivity index (χ1v) is 10.1. The second kappa shape index (κ2) is 8.90. The van der Waals surface area contributed by atoms with Gasteiger partial charge in [-0.2, -0.15) is 0 Å². The van der Waals surface area contributed by atoms with Crippen LogP contribution in [0.5, 0.6) is 0 Å². The van der Waals surface area contributed by atoms with Crippen molar-refractivity contribution in [1.82, 2.24) is 4.90 Å². The fourth-order valence-corrected chi connectivity index (χ4v) is 3.83. The third-order valence-electron chi connectivity index (χ3n) is 4.39. The number of anilines is 1. The molecule has 3 rings (SSSR count). The molecule has 0 unspecified atom stereocenters. The molecule has 2 aromatic rings. The van der Waals surface area contributed by atoms with Crippen molar-refractivity contribution < 1.29 is 9.59 Å². The molecule has 136 valence electrons. The molecule has 26 heavy (non-hydrogen) atoms. The average Bonchev–Trinajstić information content (AvgIpc) is 3.16. The zero-order chi connectivity index (χ0) is 18.4. The van der Waals surface area contributed by atoms with Gasteiger partial charge in [-0.3, -0.25) is 9.59 Å². The first-order chi connectivity index (χ1) is 12.6. The van der Waals surface area contributed by atoms with Crippen molar-refractivity contribution >= 4 is 29.3 Å². The van der Waals surface area contributed by atoms with E-state index in [1.54, 1.807) is 36.0 Å². The molecule has 1 N–H and O–H groups in total. The van der Waals surface area contributed by atoms with E-state index in [-0.39, 0.29) is 11.8 Å². The Morgan fingerprint density at radius 2 is 1.81 bits per heavy atom. The van der Waals surface area contributed by atoms with Gasteiger partial charge in [0.25, 0.3) is 5.91 Å². The maximum absolute atomic E-state index is 12.3. The Morgan fingerprint density at radius 3 is 2.50 bits per heavy atom. The molecule has 2 aromatic carbocycles. The van der Waals surface area contributed by atoms with Gasteiger partial charge in [0.05, 0.1) is 5.75 Å². The van der Waals surface area contributed by atoms with E-state index in [0.717, 1.165) is 37.4 Å². The SMILES string of the molecule is Cc1cccc(CSCC(=O)Nc2ccc(C(=O)N3CCCC3)cc2)c1. The van der Waals surface area contributed by atoms with Crippen LogP contribution in [0.25, 0.3) is 0 Å². The number of hydrogen-bond donors (Lipinski definition) is 1. The Labute approximate surface area is 159 Å². The van der Waals surface area contributed by atoms with Crippen LogP contribution in [0.15, 0.2) is 48.5 Å². The predicted octanol–water partition coefficient (Wildman–Crippen LogP) is 4.10. The van der Waals surface area contributed by atoms with E-state index < -0.39 is 0 Å². The molecule has 1 fully saturated rings. The normalized spacial score (nSPS) is 13.7. The Balaban J connectivity index is 1.46. The van der Waals surface area contributed by atoms with Gasteiger partial charge in [-0.15, -0.1) is 11.8 Å². The second-order valence-electron chi connectivity index (χ2n) is 6.61. The number of aryl methyl sites for hydroxylation is 1. The first-order valence-electron chi connectivity index (χ1n) is 8.94. The molecule has 4 nitrogen and oxygen atoms in total. The van der Waals surface area contributed by atoms with Gasteiger partial charge in [0.2, 0.25) is 5.91 Å². The van der Waals surface area contributed by atoms with Crippen LogP contribution in [0, 0.1) is 6.92 Å². The molecule has 1 aliphatic heterocycles. The molecule has 1 aliphatic rings. The fraction of sp³-hybridized carbons (Fsp3) is 0.333. The lowest BCUT2D eigenvalue weighted by atomic mass is 10.2. The molecule has 0 bridgehead atoms. The number of rotatable bonds is 6. The summed E-state index contributed by atoms with van der Waals surface area (Å²) in [6.07, 6.45) is 2.17. The summed E-state index contributed by atoms with van der Waals surface area (Å²) in [5.74, 6) is 1.27. The third kappa shape index (κ3) is 5.11. The van der Waals surface area contributed by atoms with Crippen molar-refractivity contribution in [3.05, 3.63) is 65.2 Å². The molecule has 0 aromatic heterocycles. The number of nitrogens with zero attached hydrogens (tertiary/aromatic N) is 1. The molecule has 2 amide bonds. The zero-order valence-corrected chi connectivity index (χ0v) is 15.8. The smallest absolute Gasteiger partial charge is 0.253 e. The molecule has 5 heteroatoms. The molecule has 0 saturated carbocycles. The van der Waals surface area contributed by atoms with Gasteiger partial charge in [0.15, 0.2) is 0 Å². The van der Waals surface area contributed by atoms with E-state index in [2.05, 4.69) is 30.4 Å². The molecular formula is C21H24N2O2S. The van der Waals surface area contributed by atoms with Gasteiger partial charge >= 0.3 is 0 Å². The summed E-state index contributed by atoms with van der Waals surface area (Å²) in [5, 5.41) is 2.89. The molecule has 0 atom stereocenters. The number of nitrogens with one attached hydrogen (secondary N) is 1. The van der Waals surface area contributed by atoms with Crippen LogP contribution in [-0.4, -0.2) is 35.6 Å². The van der Waals surface area contributed by atoms with Gasteiger partial charge in [-0.05, 0) is 49.6 Å². The highest BCUT2D eigenvalue weighted by Crippen LogP contribution is 2.17. The van der Waals surface area contributed by atoms with E-state index in [1.807, 2.05) is 11.0 Å². The summed E-state index contributed by atoms with van der Waals surface area (Å²) < 4.78 is 0. The van der Waals surface area contributed by atoms with Crippen molar-refractivity contribution in [2.75, 3.05) is 24.2 Å². The topological polar surface area (TPSA) is 49.4 Å². The quantitative estimate of drug-likeness (QED) is 0.835. The molecule has 0 radical (unpaired) electrons. The van der Waals surface area contributed by atoms with Crippen molar-refractivity contribution in [3.63, 3.8) is 0 Å². The number of amides is 2. The Hall–Kier alpha value is -2.27. The lowest BCUT2D eigenvalue weighted by Gasteiger charge is -2.15. The second-order valence-corrected chi connectivity index (χ2v) is 7.59. The molecule has 0 spiro atoms. The number of carbonyl (C=O) groups excluding carboxylic acids is 2. The summed E-state index contributed by atoms with van der Waals surface area (Å²) in [4.78, 5) is 26.3. The zero-order valence-electron chi connectivity index (χ0n) is 15.0. The van der Waals surface area contributed by atoms with Gasteiger partial charge in [-0.25, -0.2) is 0 Å². The van der Waals surface area contributed by atoms with Gasteiger partial charge < -0.3 is 10.2 Å². The lowest BCUT2D eigenvalue weighted by Crippen LogP contribution is -2.27. The Kier molecular flexibility index (Phi) is 6.34. The van der Waals surface area contributed by atoms with Crippen LogP contribution in [0.3, 0.4) is 0 Å². The maximum Gasteiger partial charge on any atom is 0.253 e. The summed E-state index contributed by atoms with van der Waals surface area (Å²) in [5.41, 5.74) is 3.87. The van der Waals surface area contributed by atoms with Gasteiger partial charge in [0.1, 0.15) is 0 Å². The van der Waals surface area contributed by atoms with Crippen molar-refractivity contribution in [2.24, 2.45) is 0 Å². The molecular weight excluding hydrogens is 344 g/mol. The largest absolute Gasteiger partial charge is 0.339 e. The van der Waals surface area contributed by atoms with Crippen LogP contribution in [0.1, 0.15) is 34.3 Å². The number of hydrogen-bond acceptors (Lipinski definition) is 3. The van der Waals surface area contributed by atoms with E-state index >= 15 is 0 Å². The van der Waals surface area contributed by atoms with E-state index in [9.17, 15) is 9.59 Å². The maximum atomic E-state index is 12.3. The highest BCUT2D eigenvalue weighted by atomic mass is 32.2. The minimum Gasteiger partial charge on any atom is -0.339 e. The summed E-state index contributed by atoms with van der Waals surface area (Å²) >= 11 is 1.59. The summed E-state index contributed by atoms with van der Waals surface area (Å²) in [6.45, 7) is 3.75. The fourth-order valence-electron chi connectivity index (χ4n) is 3.06. The summed E-state index contributed by atoms with van der Waals surface area (Å²) in [7, 11) is 0. The molecule has 1 heterocycles. The number of likely N-dealkylation sites (tertiary alicyclic amines) is 1. The highest BCUT2D eigenvalue weighted by Gasteiger charge is 2.19. The van der Waals surface area contributed by atoms with Crippen LogP contribution in [0.4, 0.5) is 5.69 Å². The Bertz CT molecular complexity index is 768. The van der Waals surface area contributed by atoms with Crippen molar-refractivity contribution in [3.8, 4) is 0 Å². The average molecular weight is 369 g/mol. The first kappa shape index (κ1) is 18.5. The van der Waals surface area contributed by atoms with Crippen LogP contribution < -0.4 is 5.32 Å². The molecule has 1 saturated heterocycles. The lowest BCUT2D eigenvalue weighted by molar-refractivity contribution is -0.113. The minimum absolute atomic E-state index is 0.0266. The standard InChI is InChI=1S/C21H24N2O2S/c1-16-5-4-6-17(13-16)14-26-15-20(24)22-19-9-7-18(8-10-19)21(25)23-11-2-3-12-23/h4-10,13H,2-3,11-12,14-15H2,1H3,(H,22,24). The highest BCUT2D eigenvalue weighted by molar-refractivity contribution is 7.99. The van der Waals surface area contributed by atoms with E-state index in [0.29, 0.717) is 11.3 Å². The van der Waals surface area contributed by atoms with E-state index in [4.69, 9.17) is 0 Å². The van der Waals surface area contributed by atoms with Crippen LogP contribution in [0.2, 0.25) is 0 Å². The number of carbonyl (C=O) groups is 2. The van der Waals surface area contributed by atoms with Crippen LogP contribution >= 0.6 is 11.8 Å². The monoisotopic (exact) mass is 368 g/mol. The Morgan fingerprint density at radius 1 is 1.08 bits per heavy atom. The minimum atomic E-state index is -0.0266. The van der Waals surface area contributed by atoms with E-state index in [1.165, 1.54) is 11.1 Å².